The van der Waals surface area contributed by atoms with E-state index in [4.69, 9.17) is 0 Å². The third-order valence-corrected chi connectivity index (χ3v) is 40.5. The molecule has 5 atom stereocenters. The Labute approximate surface area is 911 Å². The number of carbonyl (C=O) groups is 5. The maximum atomic E-state index is 13.8. The highest BCUT2D eigenvalue weighted by atomic mass is 79.9. The molecular formula is C112H132Br4F6N10O14S4. The zero-order chi connectivity index (χ0) is 107. The Morgan fingerprint density at radius 2 is 0.607 bits per heavy atom. The standard InChI is InChI=1S/C24H26BrF3N2O4S.C24H26BrF3N2O3S.C24H29BrN2O3S.C23H27BrN2O3S.C17H24N2O/c25-18-10-11-22(21(14-18)34-24(26,27)28)35(32,33)30-13-12-16-6-4-5-9-19(16)20(30)15-29-23(31)17-7-2-1-3-8-17;25-18-10-11-22(20(14-18)24(26,27)28)34(32,33)30-13-12-16-6-4-5-9-19(16)21(30)15-29-23(31)17-7-2-1-3-8-17;1-17-15-20(25)11-12-23(17)31(29,30)27-14-13-18-7-5-6-10-21(18)22(27)16-26-24(28)19-8-3-2-4-9-19;24-19-10-12-20(13-11-19)30(28,29)26-15-14-17-6-4-5-9-21(17)22(26)16-25-23(27)18-7-2-1-3-8-18;20-17(14-7-2-1-3-8-14)19-12-16-15-9-5-4-6-13(15)10-11-18-16/h4-6,9-11,14,17,20H,1-3,7-8,12-13,15H2,(H,29,31);4-6,9-11,14,17,21H,1-3,7-8,12-13,15H2,(H,29,31);5-7,10-12,15,19,22H,2-4,8-9,13-14,16H2,1H3,(H,26,28);4-6,9-13,18,22H,1-3,7-8,14-16H2,(H,25,27);4-6,9,14,16,18H,1-3,7-8,10-12H2,(H,19,20). The largest absolute Gasteiger partial charge is 0.573 e. The fourth-order valence-corrected chi connectivity index (χ4v) is 31.1. The summed E-state index contributed by atoms with van der Waals surface area (Å²) in [4.78, 5) is 62.5. The minimum absolute atomic E-state index is 0.00343. The summed E-state index contributed by atoms with van der Waals surface area (Å²) >= 11 is 12.9. The molecule has 0 aromatic heterocycles. The van der Waals surface area contributed by atoms with Crippen LogP contribution in [0.5, 0.6) is 5.75 Å². The predicted molar refractivity (Wildman–Crippen MR) is 579 cm³/mol. The highest BCUT2D eigenvalue weighted by Gasteiger charge is 2.47. The molecule has 19 rings (SSSR count). The number of aryl methyl sites for hydroxylation is 1. The summed E-state index contributed by atoms with van der Waals surface area (Å²) in [6, 6.07) is 55.4. The third kappa shape index (κ3) is 29.3. The second kappa shape index (κ2) is 52.6. The number of carbonyl (C=O) groups excluding carboxylic acids is 5. The molecule has 9 aromatic rings. The topological polar surface area (TPSA) is 316 Å². The molecule has 5 aliphatic heterocycles. The van der Waals surface area contributed by atoms with E-state index in [1.807, 2.05) is 73.7 Å². The third-order valence-electron chi connectivity index (χ3n) is 30.6. The van der Waals surface area contributed by atoms with Crippen molar-refractivity contribution in [3.8, 4) is 5.75 Å². The Bertz CT molecular complexity index is 6690. The lowest BCUT2D eigenvalue weighted by Crippen LogP contribution is -2.46. The van der Waals surface area contributed by atoms with Crippen molar-refractivity contribution in [2.24, 2.45) is 29.6 Å². The van der Waals surface area contributed by atoms with Gasteiger partial charge in [-0.2, -0.15) is 30.4 Å². The Kier molecular flexibility index (Phi) is 40.5. The number of halogens is 10. The van der Waals surface area contributed by atoms with Crippen LogP contribution in [0.2, 0.25) is 0 Å². The molecule has 24 nitrogen and oxygen atoms in total. The van der Waals surface area contributed by atoms with Crippen LogP contribution in [0.25, 0.3) is 0 Å². The van der Waals surface area contributed by atoms with Crippen molar-refractivity contribution >= 4 is 133 Å². The second-order valence-corrected chi connectivity index (χ2v) is 51.4. The summed E-state index contributed by atoms with van der Waals surface area (Å²) in [6.07, 6.45) is 18.9. The first-order valence-corrected chi connectivity index (χ1v) is 61.3. The molecule has 0 bridgehead atoms. The van der Waals surface area contributed by atoms with Crippen molar-refractivity contribution in [1.29, 1.82) is 0 Å². The fraction of sp³-hybridized carbons (Fsp3) is 0.473. The molecule has 0 spiro atoms. The number of amides is 5. The Hall–Kier alpha value is -8.77. The average molecular weight is 2400 g/mol. The van der Waals surface area contributed by atoms with Gasteiger partial charge in [-0.25, -0.2) is 33.7 Å². The molecule has 6 N–H and O–H groups in total. The number of nitrogens with zero attached hydrogens (tertiary/aromatic N) is 4. The molecule has 5 fully saturated rings. The minimum atomic E-state index is -5.06. The average Bonchev–Trinajstić information content (AvgIpc) is 0.756. The summed E-state index contributed by atoms with van der Waals surface area (Å²) < 4.78 is 201. The molecular weight excluding hydrogens is 2270 g/mol. The van der Waals surface area contributed by atoms with Gasteiger partial charge in [-0.1, -0.05) is 281 Å². The quantitative estimate of drug-likeness (QED) is 0.0306. The number of fused-ring (bicyclic) bond motifs is 5. The number of nitrogens with one attached hydrogen (secondary N) is 6. The van der Waals surface area contributed by atoms with E-state index in [1.54, 1.807) is 69.3 Å². The van der Waals surface area contributed by atoms with Gasteiger partial charge in [-0.05, 0) is 250 Å². The van der Waals surface area contributed by atoms with Crippen LogP contribution in [0.4, 0.5) is 26.3 Å². The van der Waals surface area contributed by atoms with Crippen LogP contribution in [0.3, 0.4) is 0 Å². The minimum Gasteiger partial charge on any atom is -0.404 e. The van der Waals surface area contributed by atoms with Crippen LogP contribution < -0.4 is 36.6 Å². The maximum absolute atomic E-state index is 13.8. The van der Waals surface area contributed by atoms with Crippen LogP contribution in [-0.4, -0.2) is 152 Å². The zero-order valence-corrected chi connectivity index (χ0v) is 93.6. The van der Waals surface area contributed by atoms with Crippen LogP contribution in [0.1, 0.15) is 257 Å². The molecule has 150 heavy (non-hydrogen) atoms. The predicted octanol–water partition coefficient (Wildman–Crippen LogP) is 22.5. The summed E-state index contributed by atoms with van der Waals surface area (Å²) in [5.41, 5.74) is 9.82. The van der Waals surface area contributed by atoms with Gasteiger partial charge in [0.25, 0.3) is 0 Å². The number of ether oxygens (including phenoxy) is 1. The normalized spacial score (nSPS) is 20.5. The van der Waals surface area contributed by atoms with Gasteiger partial charge in [0, 0.05) is 112 Å². The number of benzene rings is 9. The number of rotatable bonds is 24. The molecule has 0 radical (unpaired) electrons. The lowest BCUT2D eigenvalue weighted by atomic mass is 9.88. The zero-order valence-electron chi connectivity index (χ0n) is 84.0. The smallest absolute Gasteiger partial charge is 0.404 e. The van der Waals surface area contributed by atoms with Crippen molar-refractivity contribution in [2.75, 3.05) is 65.4 Å². The van der Waals surface area contributed by atoms with E-state index in [-0.39, 0.29) is 105 Å². The Balaban J connectivity index is 0.000000141. The summed E-state index contributed by atoms with van der Waals surface area (Å²) in [5, 5.41) is 18.7. The van der Waals surface area contributed by atoms with Gasteiger partial charge in [0.2, 0.25) is 69.6 Å². The van der Waals surface area contributed by atoms with Crippen LogP contribution in [-0.2, 0) is 102 Å². The van der Waals surface area contributed by atoms with E-state index >= 15 is 0 Å². The van der Waals surface area contributed by atoms with E-state index < -0.39 is 97.9 Å². The molecule has 808 valence electrons. The summed E-state index contributed by atoms with van der Waals surface area (Å²) in [5.74, 6) is -0.548. The molecule has 0 saturated heterocycles. The molecule has 5 heterocycles. The lowest BCUT2D eigenvalue weighted by Gasteiger charge is -2.37. The van der Waals surface area contributed by atoms with Gasteiger partial charge in [0.05, 0.1) is 44.4 Å². The van der Waals surface area contributed by atoms with Crippen molar-refractivity contribution in [3.05, 3.63) is 285 Å². The van der Waals surface area contributed by atoms with Gasteiger partial charge < -0.3 is 36.6 Å². The molecule has 5 unspecified atom stereocenters. The Morgan fingerprint density at radius 1 is 0.327 bits per heavy atom. The number of sulfonamides is 4. The van der Waals surface area contributed by atoms with Crippen LogP contribution in [0, 0.1) is 36.5 Å². The van der Waals surface area contributed by atoms with Crippen LogP contribution in [0.15, 0.2) is 238 Å². The van der Waals surface area contributed by atoms with Crippen molar-refractivity contribution in [2.45, 2.75) is 262 Å². The molecule has 10 aliphatic rings. The van der Waals surface area contributed by atoms with Crippen LogP contribution >= 0.6 is 63.7 Å². The van der Waals surface area contributed by atoms with Gasteiger partial charge in [0.1, 0.15) is 4.90 Å². The first-order chi connectivity index (χ1) is 71.8. The number of hydrogen-bond acceptors (Lipinski definition) is 15. The molecule has 5 aliphatic carbocycles. The lowest BCUT2D eigenvalue weighted by molar-refractivity contribution is -0.275. The van der Waals surface area contributed by atoms with Gasteiger partial charge in [-0.15, -0.1) is 13.2 Å². The second-order valence-electron chi connectivity index (χ2n) is 40.3. The highest BCUT2D eigenvalue weighted by Crippen LogP contribution is 2.46. The molecule has 5 saturated carbocycles. The first-order valence-electron chi connectivity index (χ1n) is 52.4. The van der Waals surface area contributed by atoms with Crippen molar-refractivity contribution in [1.82, 2.24) is 49.1 Å². The number of hydrogen-bond donors (Lipinski definition) is 6. The summed E-state index contributed by atoms with van der Waals surface area (Å²) in [7, 11) is -16.3. The van der Waals surface area contributed by atoms with Gasteiger partial charge >= 0.3 is 12.5 Å². The molecule has 38 heteroatoms. The van der Waals surface area contributed by atoms with E-state index in [9.17, 15) is 84.0 Å². The van der Waals surface area contributed by atoms with E-state index in [1.165, 1.54) is 59.7 Å². The van der Waals surface area contributed by atoms with Crippen molar-refractivity contribution in [3.63, 3.8) is 0 Å². The monoisotopic (exact) mass is 2400 g/mol. The fourth-order valence-electron chi connectivity index (χ4n) is 22.7. The number of alkyl halides is 6. The summed E-state index contributed by atoms with van der Waals surface area (Å²) in [6.45, 7) is 5.03. The Morgan fingerprint density at radius 3 is 0.947 bits per heavy atom. The van der Waals surface area contributed by atoms with Gasteiger partial charge in [0.15, 0.2) is 5.75 Å². The first kappa shape index (κ1) is 115. The van der Waals surface area contributed by atoms with Gasteiger partial charge in [-0.3, -0.25) is 24.0 Å². The highest BCUT2D eigenvalue weighted by molar-refractivity contribution is 9.11. The van der Waals surface area contributed by atoms with E-state index in [2.05, 4.69) is 137 Å². The maximum Gasteiger partial charge on any atom is 0.573 e. The van der Waals surface area contributed by atoms with E-state index in [0.29, 0.717) is 74.4 Å². The SMILES string of the molecule is Cc1cc(Br)ccc1S(=O)(=O)N1CCc2ccccc2C1CNC(=O)C1CCCCC1.O=C(NCC1NCCc2ccccc21)C1CCCCC1.O=C(NCC1c2ccccc2CCN1S(=O)(=O)c1ccc(Br)cc1)C1CCCCC1.O=C(NCC1c2ccccc2CCN1S(=O)(=O)c1ccc(Br)cc1C(F)(F)F)C1CCCCC1.O=C(NCC1c2ccccc2CCN1S(=O)(=O)c1ccc(Br)cc1OC(F)(F)F)C1CCCCC1. The van der Waals surface area contributed by atoms with Crippen molar-refractivity contribution < 1.29 is 88.7 Å². The van der Waals surface area contributed by atoms with E-state index in [0.717, 1.165) is 218 Å². The molecule has 9 aromatic carbocycles. The molecule has 5 amide bonds.